The van der Waals surface area contributed by atoms with Crippen LogP contribution in [0.25, 0.3) is 0 Å². The van der Waals surface area contributed by atoms with Crippen LogP contribution in [0.2, 0.25) is 0 Å². The Bertz CT molecular complexity index is 666. The van der Waals surface area contributed by atoms with E-state index < -0.39 is 5.54 Å². The van der Waals surface area contributed by atoms with Gasteiger partial charge in [-0.25, -0.2) is 0 Å². The number of methoxy groups -OCH3 is 1. The summed E-state index contributed by atoms with van der Waals surface area (Å²) in [5, 5.41) is 0. The molecule has 0 bridgehead atoms. The van der Waals surface area contributed by atoms with Gasteiger partial charge >= 0.3 is 0 Å². The quantitative estimate of drug-likeness (QED) is 0.904. The highest BCUT2D eigenvalue weighted by atomic mass is 16.5. The Morgan fingerprint density at radius 1 is 1.10 bits per heavy atom. The minimum absolute atomic E-state index is 0.121. The van der Waals surface area contributed by atoms with Crippen LogP contribution in [0, 0.1) is 0 Å². The zero-order valence-electron chi connectivity index (χ0n) is 11.5. The van der Waals surface area contributed by atoms with Crippen LogP contribution in [0.1, 0.15) is 11.1 Å². The smallest absolute Gasteiger partial charge is 0.256 e. The van der Waals surface area contributed by atoms with Gasteiger partial charge in [0.2, 0.25) is 0 Å². The first-order valence-corrected chi connectivity index (χ1v) is 6.40. The Morgan fingerprint density at radius 2 is 1.75 bits per heavy atom. The van der Waals surface area contributed by atoms with Crippen LogP contribution in [-0.4, -0.2) is 20.1 Å². The van der Waals surface area contributed by atoms with Crippen LogP contribution in [0.4, 0.5) is 5.69 Å². The summed E-state index contributed by atoms with van der Waals surface area (Å²) < 4.78 is 5.15. The molecule has 20 heavy (non-hydrogen) atoms. The highest BCUT2D eigenvalue weighted by Crippen LogP contribution is 2.41. The number of hydrogen-bond donors (Lipinski definition) is 1. The SMILES string of the molecule is COc1ccc(C2(N)C(=O)N(C)c3ccccc32)cc1. The standard InChI is InChI=1S/C16H16N2O2/c1-18-14-6-4-3-5-13(14)16(17,15(18)19)11-7-9-12(20-2)10-8-11/h3-10H,17H2,1-2H3. The highest BCUT2D eigenvalue weighted by Gasteiger charge is 2.47. The second-order valence-electron chi connectivity index (χ2n) is 4.92. The lowest BCUT2D eigenvalue weighted by atomic mass is 9.85. The first kappa shape index (κ1) is 12.7. The molecular weight excluding hydrogens is 252 g/mol. The number of amides is 1. The van der Waals surface area contributed by atoms with Crippen LogP contribution >= 0.6 is 0 Å². The number of rotatable bonds is 2. The second kappa shape index (κ2) is 4.35. The minimum Gasteiger partial charge on any atom is -0.497 e. The number of nitrogens with zero attached hydrogens (tertiary/aromatic N) is 1. The maximum atomic E-state index is 12.6. The molecular formula is C16H16N2O2. The molecule has 1 unspecified atom stereocenters. The molecule has 0 aliphatic carbocycles. The van der Waals surface area contributed by atoms with E-state index in [4.69, 9.17) is 10.5 Å². The Labute approximate surface area is 117 Å². The summed E-state index contributed by atoms with van der Waals surface area (Å²) in [5.41, 5.74) is 7.81. The average molecular weight is 268 g/mol. The predicted molar refractivity (Wildman–Crippen MR) is 77.8 cm³/mol. The molecule has 2 aromatic rings. The number of likely N-dealkylation sites (N-methyl/N-ethyl adjacent to an activating group) is 1. The van der Waals surface area contributed by atoms with Crippen LogP contribution < -0.4 is 15.4 Å². The van der Waals surface area contributed by atoms with Gasteiger partial charge in [0.05, 0.1) is 7.11 Å². The second-order valence-corrected chi connectivity index (χ2v) is 4.92. The fraction of sp³-hybridized carbons (Fsp3) is 0.188. The van der Waals surface area contributed by atoms with Gasteiger partial charge in [-0.1, -0.05) is 30.3 Å². The summed E-state index contributed by atoms with van der Waals surface area (Å²) in [6.45, 7) is 0. The largest absolute Gasteiger partial charge is 0.497 e. The normalized spacial score (nSPS) is 20.9. The van der Waals surface area contributed by atoms with Gasteiger partial charge in [0.1, 0.15) is 11.3 Å². The monoisotopic (exact) mass is 268 g/mol. The molecule has 3 rings (SSSR count). The molecule has 0 radical (unpaired) electrons. The van der Waals surface area contributed by atoms with Gasteiger partial charge in [-0.3, -0.25) is 4.79 Å². The van der Waals surface area contributed by atoms with E-state index in [0.29, 0.717) is 0 Å². The molecule has 0 saturated heterocycles. The molecule has 0 aromatic heterocycles. The molecule has 102 valence electrons. The molecule has 4 nitrogen and oxygen atoms in total. The topological polar surface area (TPSA) is 55.6 Å². The number of nitrogens with two attached hydrogens (primary N) is 1. The molecule has 1 aliphatic heterocycles. The Hall–Kier alpha value is -2.33. The lowest BCUT2D eigenvalue weighted by molar-refractivity contribution is -0.121. The molecule has 1 aliphatic rings. The summed E-state index contributed by atoms with van der Waals surface area (Å²) in [4.78, 5) is 14.2. The lowest BCUT2D eigenvalue weighted by Gasteiger charge is -2.24. The number of carbonyl (C=O) groups is 1. The summed E-state index contributed by atoms with van der Waals surface area (Å²) in [6, 6.07) is 14.9. The maximum Gasteiger partial charge on any atom is 0.256 e. The maximum absolute atomic E-state index is 12.6. The van der Waals surface area contributed by atoms with Gasteiger partial charge in [0.15, 0.2) is 0 Å². The van der Waals surface area contributed by atoms with Crippen LogP contribution in [-0.2, 0) is 10.3 Å². The molecule has 0 spiro atoms. The molecule has 0 saturated carbocycles. The third-order valence-electron chi connectivity index (χ3n) is 3.88. The van der Waals surface area contributed by atoms with Crippen molar-refractivity contribution < 1.29 is 9.53 Å². The van der Waals surface area contributed by atoms with E-state index in [9.17, 15) is 4.79 Å². The third kappa shape index (κ3) is 1.55. The van der Waals surface area contributed by atoms with Crippen molar-refractivity contribution in [3.8, 4) is 5.75 Å². The van der Waals surface area contributed by atoms with E-state index in [0.717, 1.165) is 22.6 Å². The van der Waals surface area contributed by atoms with Gasteiger partial charge < -0.3 is 15.4 Å². The summed E-state index contributed by atoms with van der Waals surface area (Å²) in [7, 11) is 3.36. The predicted octanol–water partition coefficient (Wildman–Crippen LogP) is 1.87. The van der Waals surface area contributed by atoms with E-state index in [2.05, 4.69) is 0 Å². The Kier molecular flexibility index (Phi) is 2.76. The van der Waals surface area contributed by atoms with Crippen LogP contribution in [0.5, 0.6) is 5.75 Å². The fourth-order valence-electron chi connectivity index (χ4n) is 2.72. The van der Waals surface area contributed by atoms with Crippen LogP contribution in [0.3, 0.4) is 0 Å². The number of para-hydroxylation sites is 1. The molecule has 1 amide bonds. The fourth-order valence-corrected chi connectivity index (χ4v) is 2.72. The summed E-state index contributed by atoms with van der Waals surface area (Å²) in [5.74, 6) is 0.619. The third-order valence-corrected chi connectivity index (χ3v) is 3.88. The van der Waals surface area contributed by atoms with Crippen molar-refractivity contribution in [3.05, 3.63) is 59.7 Å². The van der Waals surface area contributed by atoms with Crippen molar-refractivity contribution in [3.63, 3.8) is 0 Å². The van der Waals surface area contributed by atoms with Crippen molar-refractivity contribution >= 4 is 11.6 Å². The zero-order chi connectivity index (χ0) is 14.3. The van der Waals surface area contributed by atoms with E-state index in [-0.39, 0.29) is 5.91 Å². The van der Waals surface area contributed by atoms with Crippen molar-refractivity contribution in [2.45, 2.75) is 5.54 Å². The number of ether oxygens (including phenoxy) is 1. The number of anilines is 1. The number of fused-ring (bicyclic) bond motifs is 1. The number of hydrogen-bond acceptors (Lipinski definition) is 3. The number of carbonyl (C=O) groups excluding carboxylic acids is 1. The van der Waals surface area contributed by atoms with Crippen LogP contribution in [0.15, 0.2) is 48.5 Å². The van der Waals surface area contributed by atoms with Crippen molar-refractivity contribution in [2.24, 2.45) is 5.73 Å². The Balaban J connectivity index is 2.17. The summed E-state index contributed by atoms with van der Waals surface area (Å²) in [6.07, 6.45) is 0. The van der Waals surface area contributed by atoms with Crippen molar-refractivity contribution in [2.75, 3.05) is 19.1 Å². The first-order valence-electron chi connectivity index (χ1n) is 6.40. The minimum atomic E-state index is -1.13. The first-order chi connectivity index (χ1) is 9.59. The van der Waals surface area contributed by atoms with Gasteiger partial charge in [0, 0.05) is 18.3 Å². The van der Waals surface area contributed by atoms with E-state index >= 15 is 0 Å². The van der Waals surface area contributed by atoms with E-state index in [1.165, 1.54) is 0 Å². The lowest BCUT2D eigenvalue weighted by Crippen LogP contribution is -2.47. The van der Waals surface area contributed by atoms with E-state index in [1.807, 2.05) is 48.5 Å². The molecule has 1 heterocycles. The van der Waals surface area contributed by atoms with Crippen molar-refractivity contribution in [1.29, 1.82) is 0 Å². The molecule has 2 N–H and O–H groups in total. The number of benzene rings is 2. The molecule has 2 aromatic carbocycles. The summed E-state index contributed by atoms with van der Waals surface area (Å²) >= 11 is 0. The molecule has 0 fully saturated rings. The zero-order valence-corrected chi connectivity index (χ0v) is 11.5. The van der Waals surface area contributed by atoms with Gasteiger partial charge in [-0.05, 0) is 23.8 Å². The average Bonchev–Trinajstić information content (AvgIpc) is 2.71. The van der Waals surface area contributed by atoms with Gasteiger partial charge in [-0.15, -0.1) is 0 Å². The van der Waals surface area contributed by atoms with Crippen molar-refractivity contribution in [1.82, 2.24) is 0 Å². The molecule has 1 atom stereocenters. The molecule has 4 heteroatoms. The van der Waals surface area contributed by atoms with Gasteiger partial charge in [-0.2, -0.15) is 0 Å². The Morgan fingerprint density at radius 3 is 2.40 bits per heavy atom. The van der Waals surface area contributed by atoms with Gasteiger partial charge in [0.25, 0.3) is 5.91 Å². The van der Waals surface area contributed by atoms with E-state index in [1.54, 1.807) is 19.1 Å². The highest BCUT2D eigenvalue weighted by molar-refractivity contribution is 6.09.